The number of rotatable bonds is 4. The molecule has 3 aromatic rings. The first kappa shape index (κ1) is 17.5. The highest BCUT2D eigenvalue weighted by atomic mass is 16.5. The highest BCUT2D eigenvalue weighted by Crippen LogP contribution is 2.27. The molecule has 1 fully saturated rings. The van der Waals surface area contributed by atoms with Crippen molar-refractivity contribution in [2.45, 2.75) is 13.8 Å². The molecule has 0 spiro atoms. The molecule has 5 nitrogen and oxygen atoms in total. The van der Waals surface area contributed by atoms with Crippen LogP contribution in [0.3, 0.4) is 0 Å². The van der Waals surface area contributed by atoms with E-state index in [2.05, 4.69) is 42.3 Å². The molecule has 1 aromatic heterocycles. The summed E-state index contributed by atoms with van der Waals surface area (Å²) in [6, 6.07) is 18.4. The van der Waals surface area contributed by atoms with Crippen molar-refractivity contribution < 1.29 is 4.74 Å². The minimum atomic E-state index is 0.727. The lowest BCUT2D eigenvalue weighted by Gasteiger charge is -2.28. The maximum Gasteiger partial charge on any atom is 0.163 e. The van der Waals surface area contributed by atoms with Crippen LogP contribution in [0, 0.1) is 13.8 Å². The first-order valence-electron chi connectivity index (χ1n) is 9.31. The molecule has 1 saturated heterocycles. The first-order valence-corrected chi connectivity index (χ1v) is 9.31. The fraction of sp³-hybridized carbons (Fsp3) is 0.273. The molecule has 0 atom stereocenters. The molecular formula is C22H24N4O. The monoisotopic (exact) mass is 360 g/mol. The van der Waals surface area contributed by atoms with E-state index in [1.165, 1.54) is 11.1 Å². The summed E-state index contributed by atoms with van der Waals surface area (Å²) in [7, 11) is 0. The third-order valence-corrected chi connectivity index (χ3v) is 4.95. The second kappa shape index (κ2) is 7.76. The van der Waals surface area contributed by atoms with Crippen molar-refractivity contribution in [3.63, 3.8) is 0 Å². The van der Waals surface area contributed by atoms with Crippen LogP contribution in [0.25, 0.3) is 11.4 Å². The molecule has 0 radical (unpaired) electrons. The Hall–Kier alpha value is -2.92. The van der Waals surface area contributed by atoms with E-state index in [0.29, 0.717) is 0 Å². The number of ether oxygens (including phenoxy) is 1. The van der Waals surface area contributed by atoms with Gasteiger partial charge >= 0.3 is 0 Å². The molecule has 0 amide bonds. The molecule has 0 aliphatic carbocycles. The number of morpholine rings is 1. The van der Waals surface area contributed by atoms with Gasteiger partial charge in [0.05, 0.1) is 13.2 Å². The third-order valence-electron chi connectivity index (χ3n) is 4.95. The lowest BCUT2D eigenvalue weighted by molar-refractivity contribution is 0.122. The average Bonchev–Trinajstić information content (AvgIpc) is 2.72. The SMILES string of the molecule is Cc1cccc(Nc2cc(N3CCOCC3)nc(-c3ccccc3)n2)c1C. The Bertz CT molecular complexity index is 921. The number of hydrogen-bond acceptors (Lipinski definition) is 5. The van der Waals surface area contributed by atoms with Crippen LogP contribution in [0.15, 0.2) is 54.6 Å². The zero-order valence-corrected chi connectivity index (χ0v) is 15.8. The molecule has 1 aliphatic rings. The van der Waals surface area contributed by atoms with Crippen molar-refractivity contribution in [3.8, 4) is 11.4 Å². The first-order chi connectivity index (χ1) is 13.2. The summed E-state index contributed by atoms with van der Waals surface area (Å²) in [4.78, 5) is 11.9. The van der Waals surface area contributed by atoms with E-state index in [1.54, 1.807) is 0 Å². The van der Waals surface area contributed by atoms with Crippen LogP contribution in [0.5, 0.6) is 0 Å². The summed E-state index contributed by atoms with van der Waals surface area (Å²) in [5.74, 6) is 2.46. The molecule has 1 aliphatic heterocycles. The normalized spacial score (nSPS) is 14.2. The van der Waals surface area contributed by atoms with Gasteiger partial charge in [-0.2, -0.15) is 0 Å². The summed E-state index contributed by atoms with van der Waals surface area (Å²) in [5.41, 5.74) is 4.56. The summed E-state index contributed by atoms with van der Waals surface area (Å²) < 4.78 is 5.49. The number of anilines is 3. The number of aryl methyl sites for hydroxylation is 1. The van der Waals surface area contributed by atoms with Gasteiger partial charge in [-0.3, -0.25) is 0 Å². The summed E-state index contributed by atoms with van der Waals surface area (Å²) in [6.07, 6.45) is 0. The summed E-state index contributed by atoms with van der Waals surface area (Å²) in [5, 5.41) is 3.49. The fourth-order valence-electron chi connectivity index (χ4n) is 3.19. The van der Waals surface area contributed by atoms with Crippen LogP contribution < -0.4 is 10.2 Å². The van der Waals surface area contributed by atoms with Crippen LogP contribution in [-0.2, 0) is 4.74 Å². The number of hydrogen-bond donors (Lipinski definition) is 1. The van der Waals surface area contributed by atoms with E-state index < -0.39 is 0 Å². The van der Waals surface area contributed by atoms with Crippen LogP contribution >= 0.6 is 0 Å². The van der Waals surface area contributed by atoms with Gasteiger partial charge in [0.25, 0.3) is 0 Å². The fourth-order valence-corrected chi connectivity index (χ4v) is 3.19. The number of benzene rings is 2. The quantitative estimate of drug-likeness (QED) is 0.750. The Labute approximate surface area is 160 Å². The van der Waals surface area contributed by atoms with Gasteiger partial charge in [0.1, 0.15) is 11.6 Å². The maximum absolute atomic E-state index is 5.49. The van der Waals surface area contributed by atoms with Crippen molar-refractivity contribution in [1.29, 1.82) is 0 Å². The van der Waals surface area contributed by atoms with Crippen molar-refractivity contribution in [3.05, 3.63) is 65.7 Å². The Kier molecular flexibility index (Phi) is 5.03. The Balaban J connectivity index is 1.74. The molecule has 27 heavy (non-hydrogen) atoms. The Morgan fingerprint density at radius 1 is 0.926 bits per heavy atom. The number of nitrogens with zero attached hydrogens (tertiary/aromatic N) is 3. The molecule has 1 N–H and O–H groups in total. The minimum Gasteiger partial charge on any atom is -0.378 e. The van der Waals surface area contributed by atoms with E-state index >= 15 is 0 Å². The summed E-state index contributed by atoms with van der Waals surface area (Å²) >= 11 is 0. The molecule has 138 valence electrons. The predicted octanol–water partition coefficient (Wildman–Crippen LogP) is 4.34. The third kappa shape index (κ3) is 3.93. The average molecular weight is 360 g/mol. The number of aromatic nitrogens is 2. The van der Waals surface area contributed by atoms with Gasteiger partial charge in [-0.15, -0.1) is 0 Å². The van der Waals surface area contributed by atoms with Crippen LogP contribution in [0.2, 0.25) is 0 Å². The highest BCUT2D eigenvalue weighted by molar-refractivity contribution is 5.67. The molecule has 5 heteroatoms. The predicted molar refractivity (Wildman–Crippen MR) is 110 cm³/mol. The van der Waals surface area contributed by atoms with Crippen molar-refractivity contribution in [2.75, 3.05) is 36.5 Å². The lowest BCUT2D eigenvalue weighted by Crippen LogP contribution is -2.36. The van der Waals surface area contributed by atoms with Gasteiger partial charge in [0, 0.05) is 30.4 Å². The minimum absolute atomic E-state index is 0.727. The van der Waals surface area contributed by atoms with Gasteiger partial charge in [-0.1, -0.05) is 42.5 Å². The molecule has 2 heterocycles. The smallest absolute Gasteiger partial charge is 0.163 e. The van der Waals surface area contributed by atoms with Gasteiger partial charge in [0.15, 0.2) is 5.82 Å². The molecule has 2 aromatic carbocycles. The van der Waals surface area contributed by atoms with E-state index in [9.17, 15) is 0 Å². The summed E-state index contributed by atoms with van der Waals surface area (Å²) in [6.45, 7) is 7.38. The van der Waals surface area contributed by atoms with E-state index in [0.717, 1.165) is 55.0 Å². The Morgan fingerprint density at radius 3 is 2.48 bits per heavy atom. The van der Waals surface area contributed by atoms with Crippen molar-refractivity contribution in [2.24, 2.45) is 0 Å². The zero-order chi connectivity index (χ0) is 18.6. The van der Waals surface area contributed by atoms with Gasteiger partial charge < -0.3 is 15.0 Å². The van der Waals surface area contributed by atoms with Gasteiger partial charge in [0.2, 0.25) is 0 Å². The van der Waals surface area contributed by atoms with Gasteiger partial charge in [-0.05, 0) is 31.0 Å². The van der Waals surface area contributed by atoms with Crippen LogP contribution in [0.1, 0.15) is 11.1 Å². The maximum atomic E-state index is 5.49. The molecule has 4 rings (SSSR count). The molecule has 0 saturated carbocycles. The van der Waals surface area contributed by atoms with Crippen molar-refractivity contribution >= 4 is 17.3 Å². The topological polar surface area (TPSA) is 50.3 Å². The van der Waals surface area contributed by atoms with Gasteiger partial charge in [-0.25, -0.2) is 9.97 Å². The van der Waals surface area contributed by atoms with E-state index in [1.807, 2.05) is 36.4 Å². The lowest BCUT2D eigenvalue weighted by atomic mass is 10.1. The zero-order valence-electron chi connectivity index (χ0n) is 15.8. The van der Waals surface area contributed by atoms with E-state index in [-0.39, 0.29) is 0 Å². The standard InChI is InChI=1S/C22H24N4O/c1-16-7-6-10-19(17(16)2)23-20-15-21(26-11-13-27-14-12-26)25-22(24-20)18-8-4-3-5-9-18/h3-10,15H,11-14H2,1-2H3,(H,23,24,25). The molecule has 0 bridgehead atoms. The van der Waals surface area contributed by atoms with Crippen molar-refractivity contribution in [1.82, 2.24) is 9.97 Å². The van der Waals surface area contributed by atoms with Crippen LogP contribution in [0.4, 0.5) is 17.3 Å². The highest BCUT2D eigenvalue weighted by Gasteiger charge is 2.16. The number of nitrogens with one attached hydrogen (secondary N) is 1. The molecular weight excluding hydrogens is 336 g/mol. The van der Waals surface area contributed by atoms with Crippen LogP contribution in [-0.4, -0.2) is 36.3 Å². The Morgan fingerprint density at radius 2 is 1.70 bits per heavy atom. The molecule has 0 unspecified atom stereocenters. The largest absolute Gasteiger partial charge is 0.378 e. The second-order valence-corrected chi connectivity index (χ2v) is 6.77. The second-order valence-electron chi connectivity index (χ2n) is 6.77. The van der Waals surface area contributed by atoms with E-state index in [4.69, 9.17) is 14.7 Å².